The van der Waals surface area contributed by atoms with Crippen LogP contribution in [0.1, 0.15) is 15.9 Å². The van der Waals surface area contributed by atoms with Crippen LogP contribution in [0.3, 0.4) is 0 Å². The van der Waals surface area contributed by atoms with Gasteiger partial charge in [-0.1, -0.05) is 24.8 Å². The molecule has 0 aliphatic carbocycles. The number of methoxy groups -OCH3 is 1. The molecule has 0 saturated carbocycles. The first-order valence-electron chi connectivity index (χ1n) is 8.50. The Kier molecular flexibility index (Phi) is 4.52. The Balaban J connectivity index is 1.67. The third-order valence-electron chi connectivity index (χ3n) is 4.59. The van der Waals surface area contributed by atoms with Gasteiger partial charge in [-0.2, -0.15) is 0 Å². The maximum absolute atomic E-state index is 12.3. The predicted octanol–water partition coefficient (Wildman–Crippen LogP) is 4.19. The van der Waals surface area contributed by atoms with Crippen molar-refractivity contribution in [3.63, 3.8) is 0 Å². The topological polar surface area (TPSA) is 68.6 Å². The van der Waals surface area contributed by atoms with Crippen molar-refractivity contribution >= 4 is 45.5 Å². The molecule has 1 aromatic heterocycles. The largest absolute Gasteiger partial charge is 0.465 e. The molecule has 1 aliphatic rings. The molecule has 2 aromatic carbocycles. The van der Waals surface area contributed by atoms with E-state index in [1.165, 1.54) is 12.0 Å². The average molecular weight is 392 g/mol. The van der Waals surface area contributed by atoms with Crippen molar-refractivity contribution in [1.29, 1.82) is 0 Å². The first-order valence-corrected chi connectivity index (χ1v) is 9.31. The van der Waals surface area contributed by atoms with Gasteiger partial charge in [0.05, 0.1) is 28.8 Å². The van der Waals surface area contributed by atoms with Crippen molar-refractivity contribution in [2.75, 3.05) is 12.0 Å². The number of ether oxygens (including phenoxy) is 1. The molecule has 0 N–H and O–H groups in total. The highest BCUT2D eigenvalue weighted by atomic mass is 32.2. The normalized spacial score (nSPS) is 14.2. The lowest BCUT2D eigenvalue weighted by molar-refractivity contribution is -0.113. The lowest BCUT2D eigenvalue weighted by Crippen LogP contribution is -2.27. The third-order valence-corrected chi connectivity index (χ3v) is 5.37. The minimum atomic E-state index is -0.381. The van der Waals surface area contributed by atoms with Gasteiger partial charge >= 0.3 is 5.97 Å². The zero-order valence-electron chi connectivity index (χ0n) is 15.0. The molecule has 1 fully saturated rings. The molecule has 1 aliphatic heterocycles. The quantitative estimate of drug-likeness (QED) is 0.492. The highest BCUT2D eigenvalue weighted by Crippen LogP contribution is 2.37. The van der Waals surface area contributed by atoms with E-state index < -0.39 is 0 Å². The molecule has 0 atom stereocenters. The summed E-state index contributed by atoms with van der Waals surface area (Å²) >= 11 is 0.853. The second kappa shape index (κ2) is 7.01. The van der Waals surface area contributed by atoms with Gasteiger partial charge in [0.25, 0.3) is 11.1 Å². The second-order valence-corrected chi connectivity index (χ2v) is 7.32. The van der Waals surface area contributed by atoms with Gasteiger partial charge in [-0.15, -0.1) is 0 Å². The smallest absolute Gasteiger partial charge is 0.337 e. The van der Waals surface area contributed by atoms with Crippen LogP contribution in [0.5, 0.6) is 0 Å². The fraction of sp³-hybridized carbons (Fsp3) is 0.0952. The van der Waals surface area contributed by atoms with Crippen LogP contribution in [0, 0.1) is 0 Å². The number of hydrogen-bond acceptors (Lipinski definition) is 5. The molecule has 0 spiro atoms. The summed E-state index contributed by atoms with van der Waals surface area (Å²) in [7, 11) is 1.35. The Morgan fingerprint density at radius 2 is 1.86 bits per heavy atom. The highest BCUT2D eigenvalue weighted by Gasteiger charge is 2.36. The zero-order chi connectivity index (χ0) is 19.8. The van der Waals surface area contributed by atoms with Gasteiger partial charge in [0, 0.05) is 18.1 Å². The Labute approximate surface area is 165 Å². The lowest BCUT2D eigenvalue weighted by Gasteiger charge is -2.14. The molecule has 0 bridgehead atoms. The summed E-state index contributed by atoms with van der Waals surface area (Å²) in [6, 6.07) is 14.6. The van der Waals surface area contributed by atoms with Crippen molar-refractivity contribution in [2.24, 2.45) is 0 Å². The van der Waals surface area contributed by atoms with Crippen molar-refractivity contribution in [3.05, 3.63) is 77.3 Å². The van der Waals surface area contributed by atoms with Gasteiger partial charge in [0.15, 0.2) is 0 Å². The molecule has 28 heavy (non-hydrogen) atoms. The van der Waals surface area contributed by atoms with Gasteiger partial charge in [-0.25, -0.2) is 9.69 Å². The summed E-state index contributed by atoms with van der Waals surface area (Å²) < 4.78 is 6.74. The summed E-state index contributed by atoms with van der Waals surface area (Å²) in [4.78, 5) is 37.5. The van der Waals surface area contributed by atoms with E-state index in [9.17, 15) is 14.4 Å². The first kappa shape index (κ1) is 18.1. The minimum absolute atomic E-state index is 0.229. The Morgan fingerprint density at radius 1 is 1.11 bits per heavy atom. The summed E-state index contributed by atoms with van der Waals surface area (Å²) in [6.07, 6.45) is 1.91. The molecule has 140 valence electrons. The number of thioether (sulfide) groups is 1. The fourth-order valence-electron chi connectivity index (χ4n) is 3.21. The van der Waals surface area contributed by atoms with Crippen LogP contribution in [0.25, 0.3) is 10.9 Å². The number of amides is 2. The van der Waals surface area contributed by atoms with Gasteiger partial charge in [-0.3, -0.25) is 9.59 Å². The molecule has 3 aromatic rings. The average Bonchev–Trinajstić information content (AvgIpc) is 3.22. The van der Waals surface area contributed by atoms with Crippen LogP contribution < -0.4 is 4.90 Å². The maximum Gasteiger partial charge on any atom is 0.337 e. The van der Waals surface area contributed by atoms with E-state index in [4.69, 9.17) is 4.74 Å². The van der Waals surface area contributed by atoms with E-state index in [1.807, 2.05) is 41.1 Å². The van der Waals surface area contributed by atoms with Crippen LogP contribution >= 0.6 is 11.8 Å². The van der Waals surface area contributed by atoms with E-state index in [-0.39, 0.29) is 22.0 Å². The predicted molar refractivity (Wildman–Crippen MR) is 108 cm³/mol. The SMILES string of the molecule is C=C1SC(=O)N(c2cccc3c2ccn3Cc2ccc(C(=O)OC)cc2)C1=O. The van der Waals surface area contributed by atoms with Gasteiger partial charge in [0.1, 0.15) is 0 Å². The van der Waals surface area contributed by atoms with E-state index in [2.05, 4.69) is 6.58 Å². The number of aromatic nitrogens is 1. The van der Waals surface area contributed by atoms with E-state index >= 15 is 0 Å². The maximum atomic E-state index is 12.3. The Morgan fingerprint density at radius 3 is 2.50 bits per heavy atom. The number of benzene rings is 2. The van der Waals surface area contributed by atoms with Crippen LogP contribution in [0.4, 0.5) is 10.5 Å². The number of anilines is 1. The summed E-state index contributed by atoms with van der Waals surface area (Å²) in [5.74, 6) is -0.754. The van der Waals surface area contributed by atoms with E-state index in [0.717, 1.165) is 28.2 Å². The van der Waals surface area contributed by atoms with Crippen molar-refractivity contribution in [1.82, 2.24) is 4.57 Å². The fourth-order valence-corrected chi connectivity index (χ4v) is 3.87. The number of nitrogens with zero attached hydrogens (tertiary/aromatic N) is 2. The second-order valence-electron chi connectivity index (χ2n) is 6.27. The van der Waals surface area contributed by atoms with Crippen molar-refractivity contribution in [3.8, 4) is 0 Å². The van der Waals surface area contributed by atoms with E-state index in [1.54, 1.807) is 18.2 Å². The van der Waals surface area contributed by atoms with Crippen LogP contribution in [-0.2, 0) is 16.1 Å². The molecule has 4 rings (SSSR count). The highest BCUT2D eigenvalue weighted by molar-refractivity contribution is 8.18. The van der Waals surface area contributed by atoms with Gasteiger partial charge < -0.3 is 9.30 Å². The van der Waals surface area contributed by atoms with Crippen LogP contribution in [0.2, 0.25) is 0 Å². The number of carbonyl (C=O) groups excluding carboxylic acids is 3. The summed E-state index contributed by atoms with van der Waals surface area (Å²) in [5, 5.41) is 0.472. The molecule has 2 heterocycles. The molecule has 6 nitrogen and oxygen atoms in total. The number of imide groups is 1. The summed E-state index contributed by atoms with van der Waals surface area (Å²) in [6.45, 7) is 4.22. The molecule has 0 unspecified atom stereocenters. The number of carbonyl (C=O) groups is 3. The summed E-state index contributed by atoms with van der Waals surface area (Å²) in [5.41, 5.74) is 2.96. The molecular weight excluding hydrogens is 376 g/mol. The zero-order valence-corrected chi connectivity index (χ0v) is 15.9. The number of fused-ring (bicyclic) bond motifs is 1. The molecule has 2 amide bonds. The number of rotatable bonds is 4. The van der Waals surface area contributed by atoms with Crippen molar-refractivity contribution in [2.45, 2.75) is 6.54 Å². The minimum Gasteiger partial charge on any atom is -0.465 e. The monoisotopic (exact) mass is 392 g/mol. The standard InChI is InChI=1S/C21H16N2O4S/c1-13-19(24)23(21(26)28-13)18-5-3-4-17-16(18)10-11-22(17)12-14-6-8-15(9-7-14)20(25)27-2/h3-11H,1,12H2,2H3. The Hall–Kier alpha value is -3.32. The van der Waals surface area contributed by atoms with Crippen LogP contribution in [0.15, 0.2) is 66.2 Å². The van der Waals surface area contributed by atoms with E-state index in [0.29, 0.717) is 17.8 Å². The Bertz CT molecular complexity index is 1130. The molecular formula is C21H16N2O4S. The van der Waals surface area contributed by atoms with Crippen LogP contribution in [-0.4, -0.2) is 28.8 Å². The van der Waals surface area contributed by atoms with Crippen molar-refractivity contribution < 1.29 is 19.1 Å². The lowest BCUT2D eigenvalue weighted by atomic mass is 10.1. The number of esters is 1. The molecule has 7 heteroatoms. The number of hydrogen-bond donors (Lipinski definition) is 0. The first-order chi connectivity index (χ1) is 13.5. The molecule has 1 saturated heterocycles. The molecule has 0 radical (unpaired) electrons. The third kappa shape index (κ3) is 2.99. The van der Waals surface area contributed by atoms with Gasteiger partial charge in [0.2, 0.25) is 0 Å². The van der Waals surface area contributed by atoms with Gasteiger partial charge in [-0.05, 0) is 47.7 Å².